The van der Waals surface area contributed by atoms with Crippen molar-refractivity contribution in [1.82, 2.24) is 5.32 Å². The molecule has 1 atom stereocenters. The maximum absolute atomic E-state index is 11.8. The number of nitrogens with one attached hydrogen (secondary N) is 1. The Hall–Kier alpha value is -1.00. The Morgan fingerprint density at radius 3 is 2.60 bits per heavy atom. The van der Waals surface area contributed by atoms with Crippen LogP contribution in [-0.4, -0.2) is 24.7 Å². The highest BCUT2D eigenvalue weighted by atomic mass is 32.2. The predicted octanol–water partition coefficient (Wildman–Crippen LogP) is 2.91. The Kier molecular flexibility index (Phi) is 8.38. The van der Waals surface area contributed by atoms with Crippen LogP contribution in [0.1, 0.15) is 26.7 Å². The van der Waals surface area contributed by atoms with Crippen LogP contribution in [-0.2, 0) is 4.79 Å². The summed E-state index contributed by atoms with van der Waals surface area (Å²) in [5, 5.41) is 2.98. The van der Waals surface area contributed by atoms with Crippen LogP contribution in [0.2, 0.25) is 0 Å². The number of hydrogen-bond acceptors (Lipinski definition) is 3. The van der Waals surface area contributed by atoms with Crippen LogP contribution in [0.4, 0.5) is 0 Å². The third-order valence-electron chi connectivity index (χ3n) is 3.05. The summed E-state index contributed by atoms with van der Waals surface area (Å²) in [6, 6.07) is 10.2. The summed E-state index contributed by atoms with van der Waals surface area (Å²) in [5.74, 6) is 1.91. The van der Waals surface area contributed by atoms with E-state index in [2.05, 4.69) is 31.3 Å². The first-order valence-electron chi connectivity index (χ1n) is 7.26. The Morgan fingerprint density at radius 2 is 2.00 bits per heavy atom. The lowest BCUT2D eigenvalue weighted by atomic mass is 9.94. The molecule has 0 aliphatic rings. The zero-order chi connectivity index (χ0) is 14.8. The fourth-order valence-corrected chi connectivity index (χ4v) is 2.93. The maximum Gasteiger partial charge on any atom is 0.220 e. The second-order valence-electron chi connectivity index (χ2n) is 5.45. The molecule has 3 N–H and O–H groups in total. The van der Waals surface area contributed by atoms with Crippen molar-refractivity contribution < 1.29 is 4.79 Å². The molecule has 1 amide bonds. The minimum atomic E-state index is 0.120. The van der Waals surface area contributed by atoms with E-state index in [1.165, 1.54) is 4.90 Å². The molecule has 0 saturated carbocycles. The topological polar surface area (TPSA) is 55.1 Å². The summed E-state index contributed by atoms with van der Waals surface area (Å²) >= 11 is 1.76. The summed E-state index contributed by atoms with van der Waals surface area (Å²) < 4.78 is 0. The summed E-state index contributed by atoms with van der Waals surface area (Å²) in [6.45, 7) is 5.62. The molecule has 0 heterocycles. The Balaban J connectivity index is 2.16. The molecule has 4 heteroatoms. The van der Waals surface area contributed by atoms with Crippen molar-refractivity contribution in [3.63, 3.8) is 0 Å². The highest BCUT2D eigenvalue weighted by Crippen LogP contribution is 2.16. The highest BCUT2D eigenvalue weighted by molar-refractivity contribution is 7.99. The molecule has 1 aromatic rings. The van der Waals surface area contributed by atoms with Crippen molar-refractivity contribution in [3.05, 3.63) is 30.3 Å². The van der Waals surface area contributed by atoms with Crippen LogP contribution in [0.3, 0.4) is 0 Å². The average Bonchev–Trinajstić information content (AvgIpc) is 2.43. The summed E-state index contributed by atoms with van der Waals surface area (Å²) in [6.07, 6.45) is 1.56. The lowest BCUT2D eigenvalue weighted by Crippen LogP contribution is -2.30. The summed E-state index contributed by atoms with van der Waals surface area (Å²) in [5.41, 5.74) is 5.72. The molecule has 1 rings (SSSR count). The van der Waals surface area contributed by atoms with Gasteiger partial charge in [0.25, 0.3) is 0 Å². The molecule has 0 aliphatic heterocycles. The normalized spacial score (nSPS) is 12.4. The fourth-order valence-electron chi connectivity index (χ4n) is 2.14. The van der Waals surface area contributed by atoms with E-state index in [0.29, 0.717) is 31.3 Å². The first kappa shape index (κ1) is 17.1. The molecule has 112 valence electrons. The van der Waals surface area contributed by atoms with Gasteiger partial charge in [0.05, 0.1) is 0 Å². The van der Waals surface area contributed by atoms with E-state index in [0.717, 1.165) is 12.2 Å². The zero-order valence-electron chi connectivity index (χ0n) is 12.5. The van der Waals surface area contributed by atoms with Crippen LogP contribution in [0.25, 0.3) is 0 Å². The minimum absolute atomic E-state index is 0.120. The number of thioether (sulfide) groups is 1. The van der Waals surface area contributed by atoms with Crippen molar-refractivity contribution in [2.45, 2.75) is 31.6 Å². The van der Waals surface area contributed by atoms with E-state index >= 15 is 0 Å². The predicted molar refractivity (Wildman–Crippen MR) is 86.8 cm³/mol. The molecule has 1 aromatic carbocycles. The van der Waals surface area contributed by atoms with E-state index in [1.54, 1.807) is 11.8 Å². The van der Waals surface area contributed by atoms with Gasteiger partial charge in [-0.1, -0.05) is 32.0 Å². The molecule has 20 heavy (non-hydrogen) atoms. The molecule has 0 fully saturated rings. The summed E-state index contributed by atoms with van der Waals surface area (Å²) in [7, 11) is 0. The van der Waals surface area contributed by atoms with Gasteiger partial charge in [0.15, 0.2) is 0 Å². The van der Waals surface area contributed by atoms with Crippen molar-refractivity contribution in [3.8, 4) is 0 Å². The third kappa shape index (κ3) is 7.56. The molecule has 0 spiro atoms. The van der Waals surface area contributed by atoms with Crippen molar-refractivity contribution in [1.29, 1.82) is 0 Å². The van der Waals surface area contributed by atoms with E-state index in [1.807, 2.05) is 18.2 Å². The second-order valence-corrected chi connectivity index (χ2v) is 6.62. The van der Waals surface area contributed by atoms with Crippen molar-refractivity contribution in [2.24, 2.45) is 17.6 Å². The number of carbonyl (C=O) groups excluding carboxylic acids is 1. The standard InChI is InChI=1S/C16H26N2OS/c1-13(2)10-14(12-17)11-16(19)18-8-9-20-15-6-4-3-5-7-15/h3-7,13-14H,8-12,17H2,1-2H3,(H,18,19)/t14-/m0/s1. The van der Waals surface area contributed by atoms with Gasteiger partial charge in [-0.2, -0.15) is 0 Å². The summed E-state index contributed by atoms with van der Waals surface area (Å²) in [4.78, 5) is 13.1. The van der Waals surface area contributed by atoms with E-state index in [9.17, 15) is 4.79 Å². The molecule has 0 bridgehead atoms. The van der Waals surface area contributed by atoms with E-state index < -0.39 is 0 Å². The smallest absolute Gasteiger partial charge is 0.220 e. The molecular weight excluding hydrogens is 268 g/mol. The first-order chi connectivity index (χ1) is 9.61. The maximum atomic E-state index is 11.8. The van der Waals surface area contributed by atoms with Gasteiger partial charge in [-0.25, -0.2) is 0 Å². The van der Waals surface area contributed by atoms with Gasteiger partial charge in [-0.15, -0.1) is 11.8 Å². The van der Waals surface area contributed by atoms with Gasteiger partial charge in [0.2, 0.25) is 5.91 Å². The molecule has 0 unspecified atom stereocenters. The van der Waals surface area contributed by atoms with Crippen molar-refractivity contribution in [2.75, 3.05) is 18.8 Å². The number of benzene rings is 1. The van der Waals surface area contributed by atoms with Crippen molar-refractivity contribution >= 4 is 17.7 Å². The van der Waals surface area contributed by atoms with Gasteiger partial charge in [0, 0.05) is 23.6 Å². The Labute approximate surface area is 126 Å². The lowest BCUT2D eigenvalue weighted by molar-refractivity contribution is -0.121. The molecule has 0 radical (unpaired) electrons. The molecule has 0 aromatic heterocycles. The lowest BCUT2D eigenvalue weighted by Gasteiger charge is -2.16. The Bertz CT molecular complexity index is 381. The van der Waals surface area contributed by atoms with E-state index in [-0.39, 0.29) is 5.91 Å². The number of hydrogen-bond donors (Lipinski definition) is 2. The van der Waals surface area contributed by atoms with Gasteiger partial charge in [-0.05, 0) is 36.9 Å². The van der Waals surface area contributed by atoms with Crippen LogP contribution in [0, 0.1) is 11.8 Å². The zero-order valence-corrected chi connectivity index (χ0v) is 13.3. The van der Waals surface area contributed by atoms with Crippen LogP contribution in [0.5, 0.6) is 0 Å². The molecule has 3 nitrogen and oxygen atoms in total. The first-order valence-corrected chi connectivity index (χ1v) is 8.25. The monoisotopic (exact) mass is 294 g/mol. The largest absolute Gasteiger partial charge is 0.355 e. The average molecular weight is 294 g/mol. The second kappa shape index (κ2) is 9.83. The highest BCUT2D eigenvalue weighted by Gasteiger charge is 2.13. The van der Waals surface area contributed by atoms with Gasteiger partial charge >= 0.3 is 0 Å². The fraction of sp³-hybridized carbons (Fsp3) is 0.562. The molecule has 0 aliphatic carbocycles. The van der Waals surface area contributed by atoms with Gasteiger partial charge in [-0.3, -0.25) is 4.79 Å². The van der Waals surface area contributed by atoms with Gasteiger partial charge in [0.1, 0.15) is 0 Å². The molecule has 0 saturated heterocycles. The molecular formula is C16H26N2OS. The Morgan fingerprint density at radius 1 is 1.30 bits per heavy atom. The van der Waals surface area contributed by atoms with E-state index in [4.69, 9.17) is 5.73 Å². The third-order valence-corrected chi connectivity index (χ3v) is 4.06. The van der Waals surface area contributed by atoms with Crippen LogP contribution >= 0.6 is 11.8 Å². The number of nitrogens with two attached hydrogens (primary N) is 1. The minimum Gasteiger partial charge on any atom is -0.355 e. The SMILES string of the molecule is CC(C)C[C@H](CN)CC(=O)NCCSc1ccccc1. The van der Waals surface area contributed by atoms with Crippen LogP contribution < -0.4 is 11.1 Å². The number of rotatable bonds is 9. The van der Waals surface area contributed by atoms with Crippen LogP contribution in [0.15, 0.2) is 35.2 Å². The number of amides is 1. The quantitative estimate of drug-likeness (QED) is 0.544. The van der Waals surface area contributed by atoms with Gasteiger partial charge < -0.3 is 11.1 Å². The number of carbonyl (C=O) groups is 1.